The highest BCUT2D eigenvalue weighted by Crippen LogP contribution is 2.30. The van der Waals surface area contributed by atoms with Crippen LogP contribution in [-0.2, 0) is 13.1 Å². The number of nitrogens with zero attached hydrogens (tertiary/aromatic N) is 3. The first kappa shape index (κ1) is 20.9. The Labute approximate surface area is 179 Å². The maximum atomic E-state index is 14.2. The Kier molecular flexibility index (Phi) is 6.09. The van der Waals surface area contributed by atoms with Gasteiger partial charge in [0.2, 0.25) is 5.95 Å². The zero-order chi connectivity index (χ0) is 21.3. The minimum atomic E-state index is -0.103. The molecule has 4 nitrogen and oxygen atoms in total. The SMILES string of the molecule is CCNCc1cc(C)cc2c1nc(N1CCCCC1)n2Cc1cc(C)c(F)c(C)c1. The van der Waals surface area contributed by atoms with Gasteiger partial charge < -0.3 is 14.8 Å². The van der Waals surface area contributed by atoms with Crippen molar-refractivity contribution in [3.05, 3.63) is 57.9 Å². The Morgan fingerprint density at radius 1 is 1.00 bits per heavy atom. The van der Waals surface area contributed by atoms with E-state index in [2.05, 4.69) is 40.8 Å². The molecule has 1 aromatic heterocycles. The monoisotopic (exact) mass is 408 g/mol. The first-order chi connectivity index (χ1) is 14.5. The molecule has 0 radical (unpaired) electrons. The molecule has 30 heavy (non-hydrogen) atoms. The Balaban J connectivity index is 1.85. The minimum absolute atomic E-state index is 0.103. The lowest BCUT2D eigenvalue weighted by Gasteiger charge is -2.28. The summed E-state index contributed by atoms with van der Waals surface area (Å²) in [6, 6.07) is 8.44. The molecule has 2 aromatic carbocycles. The summed E-state index contributed by atoms with van der Waals surface area (Å²) in [6.07, 6.45) is 3.71. The summed E-state index contributed by atoms with van der Waals surface area (Å²) >= 11 is 0. The number of aryl methyl sites for hydroxylation is 3. The van der Waals surface area contributed by atoms with E-state index in [1.54, 1.807) is 0 Å². The van der Waals surface area contributed by atoms with Crippen LogP contribution in [0.15, 0.2) is 24.3 Å². The van der Waals surface area contributed by atoms with Crippen LogP contribution >= 0.6 is 0 Å². The van der Waals surface area contributed by atoms with E-state index in [0.717, 1.165) is 43.2 Å². The smallest absolute Gasteiger partial charge is 0.206 e. The average Bonchev–Trinajstić information content (AvgIpc) is 3.09. The third-order valence-corrected chi connectivity index (χ3v) is 6.10. The van der Waals surface area contributed by atoms with Crippen molar-refractivity contribution in [1.82, 2.24) is 14.9 Å². The van der Waals surface area contributed by atoms with Crippen molar-refractivity contribution >= 4 is 17.0 Å². The van der Waals surface area contributed by atoms with Gasteiger partial charge in [-0.15, -0.1) is 0 Å². The van der Waals surface area contributed by atoms with E-state index in [-0.39, 0.29) is 5.82 Å². The Morgan fingerprint density at radius 3 is 2.37 bits per heavy atom. The quantitative estimate of drug-likeness (QED) is 0.605. The summed E-state index contributed by atoms with van der Waals surface area (Å²) in [6.45, 7) is 12.5. The average molecular weight is 409 g/mol. The number of rotatable bonds is 6. The second-order valence-electron chi connectivity index (χ2n) is 8.66. The molecule has 1 fully saturated rings. The molecule has 0 atom stereocenters. The molecule has 5 heteroatoms. The molecule has 2 heterocycles. The number of hydrogen-bond acceptors (Lipinski definition) is 3. The van der Waals surface area contributed by atoms with Gasteiger partial charge in [0.15, 0.2) is 0 Å². The number of imidazole rings is 1. The van der Waals surface area contributed by atoms with Crippen molar-refractivity contribution in [1.29, 1.82) is 0 Å². The van der Waals surface area contributed by atoms with E-state index < -0.39 is 0 Å². The van der Waals surface area contributed by atoms with Crippen LogP contribution in [0.1, 0.15) is 54.0 Å². The van der Waals surface area contributed by atoms with Gasteiger partial charge in [-0.25, -0.2) is 9.37 Å². The van der Waals surface area contributed by atoms with Crippen LogP contribution in [0.3, 0.4) is 0 Å². The lowest BCUT2D eigenvalue weighted by molar-refractivity contribution is 0.560. The number of aromatic nitrogens is 2. The summed E-state index contributed by atoms with van der Waals surface area (Å²) in [4.78, 5) is 7.59. The van der Waals surface area contributed by atoms with E-state index in [1.807, 2.05) is 26.0 Å². The van der Waals surface area contributed by atoms with E-state index in [4.69, 9.17) is 4.98 Å². The molecular formula is C25H33FN4. The molecule has 0 aliphatic carbocycles. The van der Waals surface area contributed by atoms with Gasteiger partial charge in [-0.1, -0.05) is 25.1 Å². The van der Waals surface area contributed by atoms with Crippen molar-refractivity contribution in [2.24, 2.45) is 0 Å². The zero-order valence-electron chi connectivity index (χ0n) is 18.7. The minimum Gasteiger partial charge on any atom is -0.342 e. The lowest BCUT2D eigenvalue weighted by Crippen LogP contribution is -2.32. The number of hydrogen-bond donors (Lipinski definition) is 1. The van der Waals surface area contributed by atoms with Crippen LogP contribution in [0.2, 0.25) is 0 Å². The molecule has 0 saturated carbocycles. The normalized spacial score (nSPS) is 14.6. The number of benzene rings is 2. The molecule has 4 rings (SSSR count). The number of anilines is 1. The van der Waals surface area contributed by atoms with Gasteiger partial charge in [0, 0.05) is 19.6 Å². The highest BCUT2D eigenvalue weighted by Gasteiger charge is 2.21. The van der Waals surface area contributed by atoms with E-state index >= 15 is 0 Å². The van der Waals surface area contributed by atoms with Crippen LogP contribution < -0.4 is 10.2 Å². The van der Waals surface area contributed by atoms with Gasteiger partial charge in [0.1, 0.15) is 5.82 Å². The highest BCUT2D eigenvalue weighted by atomic mass is 19.1. The van der Waals surface area contributed by atoms with E-state index in [1.165, 1.54) is 35.9 Å². The van der Waals surface area contributed by atoms with Gasteiger partial charge in [0.25, 0.3) is 0 Å². The highest BCUT2D eigenvalue weighted by molar-refractivity contribution is 5.83. The zero-order valence-corrected chi connectivity index (χ0v) is 18.7. The first-order valence-electron chi connectivity index (χ1n) is 11.2. The summed E-state index contributed by atoms with van der Waals surface area (Å²) in [7, 11) is 0. The van der Waals surface area contributed by atoms with Crippen LogP contribution in [0, 0.1) is 26.6 Å². The summed E-state index contributed by atoms with van der Waals surface area (Å²) in [5.41, 5.74) is 7.28. The van der Waals surface area contributed by atoms with Gasteiger partial charge >= 0.3 is 0 Å². The maximum Gasteiger partial charge on any atom is 0.206 e. The van der Waals surface area contributed by atoms with Crippen molar-refractivity contribution in [3.63, 3.8) is 0 Å². The van der Waals surface area contributed by atoms with Crippen LogP contribution in [0.25, 0.3) is 11.0 Å². The second-order valence-corrected chi connectivity index (χ2v) is 8.66. The molecule has 160 valence electrons. The Morgan fingerprint density at radius 2 is 1.70 bits per heavy atom. The fourth-order valence-corrected chi connectivity index (χ4v) is 4.63. The molecule has 1 N–H and O–H groups in total. The summed E-state index contributed by atoms with van der Waals surface area (Å²) in [5.74, 6) is 0.946. The molecule has 1 aliphatic rings. The number of nitrogens with one attached hydrogen (secondary N) is 1. The fourth-order valence-electron chi connectivity index (χ4n) is 4.63. The Bertz CT molecular complexity index is 1020. The van der Waals surface area contributed by atoms with Gasteiger partial charge in [-0.3, -0.25) is 0 Å². The molecule has 0 spiro atoms. The predicted octanol–water partition coefficient (Wildman–Crippen LogP) is 5.25. The number of halogens is 1. The maximum absolute atomic E-state index is 14.2. The van der Waals surface area contributed by atoms with Crippen LogP contribution in [0.4, 0.5) is 10.3 Å². The molecule has 0 bridgehead atoms. The third-order valence-electron chi connectivity index (χ3n) is 6.10. The number of piperidine rings is 1. The molecule has 1 saturated heterocycles. The molecule has 1 aliphatic heterocycles. The van der Waals surface area contributed by atoms with E-state index in [9.17, 15) is 4.39 Å². The molecule has 0 amide bonds. The van der Waals surface area contributed by atoms with Crippen LogP contribution in [-0.4, -0.2) is 29.2 Å². The topological polar surface area (TPSA) is 33.1 Å². The fraction of sp³-hybridized carbons (Fsp3) is 0.480. The van der Waals surface area contributed by atoms with Gasteiger partial charge in [-0.05, 0) is 80.5 Å². The molecule has 0 unspecified atom stereocenters. The molecular weight excluding hydrogens is 375 g/mol. The largest absolute Gasteiger partial charge is 0.342 e. The van der Waals surface area contributed by atoms with Gasteiger partial charge in [0.05, 0.1) is 17.6 Å². The summed E-state index contributed by atoms with van der Waals surface area (Å²) in [5, 5.41) is 3.46. The van der Waals surface area contributed by atoms with Crippen molar-refractivity contribution < 1.29 is 4.39 Å². The lowest BCUT2D eigenvalue weighted by atomic mass is 10.1. The van der Waals surface area contributed by atoms with E-state index in [0.29, 0.717) is 17.7 Å². The number of fused-ring (bicyclic) bond motifs is 1. The van der Waals surface area contributed by atoms with Crippen molar-refractivity contribution in [3.8, 4) is 0 Å². The summed E-state index contributed by atoms with van der Waals surface area (Å²) < 4.78 is 16.5. The second kappa shape index (κ2) is 8.76. The third kappa shape index (κ3) is 4.08. The first-order valence-corrected chi connectivity index (χ1v) is 11.2. The van der Waals surface area contributed by atoms with Gasteiger partial charge in [-0.2, -0.15) is 0 Å². The van der Waals surface area contributed by atoms with Crippen molar-refractivity contribution in [2.45, 2.75) is 60.0 Å². The molecule has 3 aromatic rings. The Hall–Kier alpha value is -2.40. The van der Waals surface area contributed by atoms with Crippen LogP contribution in [0.5, 0.6) is 0 Å². The standard InChI is InChI=1S/C25H33FN4/c1-5-27-15-21-11-17(2)12-22-24(21)28-25(29-9-7-6-8-10-29)30(22)16-20-13-18(3)23(26)19(4)14-20/h11-14,27H,5-10,15-16H2,1-4H3. The predicted molar refractivity (Wildman–Crippen MR) is 123 cm³/mol. The van der Waals surface area contributed by atoms with Crippen molar-refractivity contribution in [2.75, 3.05) is 24.5 Å².